The highest BCUT2D eigenvalue weighted by Crippen LogP contribution is 2.40. The molecular formula is C44H27N5O. The number of pyridine rings is 1. The fourth-order valence-electron chi connectivity index (χ4n) is 7.04. The van der Waals surface area contributed by atoms with Gasteiger partial charge in [-0.25, -0.2) is 15.0 Å². The van der Waals surface area contributed by atoms with Crippen LogP contribution in [0.25, 0.3) is 94.9 Å². The molecular weight excluding hydrogens is 615 g/mol. The van der Waals surface area contributed by atoms with Crippen molar-refractivity contribution in [3.63, 3.8) is 0 Å². The van der Waals surface area contributed by atoms with E-state index >= 15 is 0 Å². The van der Waals surface area contributed by atoms with Crippen molar-refractivity contribution < 1.29 is 4.42 Å². The van der Waals surface area contributed by atoms with Crippen LogP contribution in [0.3, 0.4) is 0 Å². The van der Waals surface area contributed by atoms with Gasteiger partial charge in [0.15, 0.2) is 17.5 Å². The van der Waals surface area contributed by atoms with Gasteiger partial charge >= 0.3 is 0 Å². The number of para-hydroxylation sites is 3. The summed E-state index contributed by atoms with van der Waals surface area (Å²) >= 11 is 0. The van der Waals surface area contributed by atoms with E-state index in [0.717, 1.165) is 71.7 Å². The SMILES string of the molecule is c1ccc(-c2nc(-c3ccccc3)nc(-c3ncccc3-n3c4ccccc4c4cc(-c5cccc6c5oc5ccccc56)ccc43)n2)cc1. The van der Waals surface area contributed by atoms with Gasteiger partial charge in [-0.15, -0.1) is 0 Å². The van der Waals surface area contributed by atoms with Crippen LogP contribution in [0.4, 0.5) is 0 Å². The van der Waals surface area contributed by atoms with E-state index in [-0.39, 0.29) is 0 Å². The van der Waals surface area contributed by atoms with Crippen molar-refractivity contribution >= 4 is 43.7 Å². The molecule has 4 heterocycles. The molecule has 0 atom stereocenters. The summed E-state index contributed by atoms with van der Waals surface area (Å²) in [6.45, 7) is 0. The Morgan fingerprint density at radius 2 is 1.08 bits per heavy atom. The highest BCUT2D eigenvalue weighted by atomic mass is 16.3. The number of aromatic nitrogens is 5. The van der Waals surface area contributed by atoms with Crippen LogP contribution in [0.15, 0.2) is 168 Å². The molecule has 0 aliphatic carbocycles. The molecule has 0 saturated carbocycles. The third kappa shape index (κ3) is 4.50. The fourth-order valence-corrected chi connectivity index (χ4v) is 7.04. The third-order valence-corrected chi connectivity index (χ3v) is 9.33. The summed E-state index contributed by atoms with van der Waals surface area (Å²) in [7, 11) is 0. The largest absolute Gasteiger partial charge is 0.455 e. The molecule has 0 N–H and O–H groups in total. The zero-order valence-corrected chi connectivity index (χ0v) is 26.7. The molecule has 0 amide bonds. The van der Waals surface area contributed by atoms with Gasteiger partial charge in [0.25, 0.3) is 0 Å². The van der Waals surface area contributed by atoms with Gasteiger partial charge in [-0.05, 0) is 42.0 Å². The summed E-state index contributed by atoms with van der Waals surface area (Å²) in [5, 5.41) is 4.51. The quantitative estimate of drug-likeness (QED) is 0.187. The van der Waals surface area contributed by atoms with Crippen molar-refractivity contribution in [1.29, 1.82) is 0 Å². The second-order valence-corrected chi connectivity index (χ2v) is 12.3. The lowest BCUT2D eigenvalue weighted by Crippen LogP contribution is -2.05. The van der Waals surface area contributed by atoms with E-state index in [2.05, 4.69) is 83.4 Å². The number of benzene rings is 6. The van der Waals surface area contributed by atoms with Crippen LogP contribution < -0.4 is 0 Å². The van der Waals surface area contributed by atoms with E-state index in [4.69, 9.17) is 24.4 Å². The Morgan fingerprint density at radius 1 is 0.440 bits per heavy atom. The molecule has 6 nitrogen and oxygen atoms in total. The second-order valence-electron chi connectivity index (χ2n) is 12.3. The number of hydrogen-bond acceptors (Lipinski definition) is 5. The normalized spacial score (nSPS) is 11.6. The Labute approximate surface area is 287 Å². The predicted molar refractivity (Wildman–Crippen MR) is 201 cm³/mol. The van der Waals surface area contributed by atoms with Crippen LogP contribution in [0.1, 0.15) is 0 Å². The summed E-state index contributed by atoms with van der Waals surface area (Å²) in [5.41, 5.74) is 9.44. The van der Waals surface area contributed by atoms with E-state index in [1.807, 2.05) is 78.9 Å². The first kappa shape index (κ1) is 28.1. The molecule has 4 aromatic heterocycles. The minimum atomic E-state index is 0.507. The maximum absolute atomic E-state index is 6.43. The molecule has 10 rings (SSSR count). The molecule has 0 aliphatic heterocycles. The van der Waals surface area contributed by atoms with Gasteiger partial charge in [0.2, 0.25) is 0 Å². The topological polar surface area (TPSA) is 69.6 Å². The molecule has 10 aromatic rings. The predicted octanol–water partition coefficient (Wildman–Crippen LogP) is 10.9. The molecule has 0 saturated heterocycles. The molecule has 0 unspecified atom stereocenters. The highest BCUT2D eigenvalue weighted by molar-refractivity contribution is 6.13. The van der Waals surface area contributed by atoms with E-state index in [1.54, 1.807) is 6.20 Å². The number of furan rings is 1. The van der Waals surface area contributed by atoms with E-state index in [0.29, 0.717) is 23.2 Å². The lowest BCUT2D eigenvalue weighted by molar-refractivity contribution is 0.670. The monoisotopic (exact) mass is 641 g/mol. The summed E-state index contributed by atoms with van der Waals surface area (Å²) in [6.07, 6.45) is 1.80. The smallest absolute Gasteiger partial charge is 0.184 e. The summed E-state index contributed by atoms with van der Waals surface area (Å²) in [6, 6.07) is 53.8. The molecule has 0 fully saturated rings. The van der Waals surface area contributed by atoms with Crippen molar-refractivity contribution in [3.8, 4) is 51.1 Å². The Bertz CT molecular complexity index is 2820. The van der Waals surface area contributed by atoms with E-state index in [1.165, 1.54) is 0 Å². The number of rotatable bonds is 5. The van der Waals surface area contributed by atoms with Crippen LogP contribution in [0, 0.1) is 0 Å². The Hall–Kier alpha value is -6.92. The van der Waals surface area contributed by atoms with Gasteiger partial charge < -0.3 is 8.98 Å². The van der Waals surface area contributed by atoms with Crippen molar-refractivity contribution in [2.75, 3.05) is 0 Å². The molecule has 0 radical (unpaired) electrons. The maximum atomic E-state index is 6.43. The first-order chi connectivity index (χ1) is 24.8. The van der Waals surface area contributed by atoms with E-state index in [9.17, 15) is 0 Å². The Morgan fingerprint density at radius 3 is 1.86 bits per heavy atom. The zero-order chi connectivity index (χ0) is 33.0. The zero-order valence-electron chi connectivity index (χ0n) is 26.7. The van der Waals surface area contributed by atoms with Crippen molar-refractivity contribution in [3.05, 3.63) is 164 Å². The minimum absolute atomic E-state index is 0.507. The second kappa shape index (κ2) is 11.4. The molecule has 0 bridgehead atoms. The average Bonchev–Trinajstić information content (AvgIpc) is 3.74. The molecule has 6 aromatic carbocycles. The molecule has 6 heteroatoms. The van der Waals surface area contributed by atoms with Gasteiger partial charge in [-0.1, -0.05) is 121 Å². The first-order valence-corrected chi connectivity index (χ1v) is 16.6. The fraction of sp³-hybridized carbons (Fsp3) is 0. The van der Waals surface area contributed by atoms with Crippen molar-refractivity contribution in [2.45, 2.75) is 0 Å². The van der Waals surface area contributed by atoms with Crippen molar-refractivity contribution in [2.24, 2.45) is 0 Å². The summed E-state index contributed by atoms with van der Waals surface area (Å²) in [5.74, 6) is 1.70. The number of nitrogens with zero attached hydrogens (tertiary/aromatic N) is 5. The third-order valence-electron chi connectivity index (χ3n) is 9.33. The van der Waals surface area contributed by atoms with Gasteiger partial charge in [-0.3, -0.25) is 4.98 Å². The Balaban J connectivity index is 1.19. The van der Waals surface area contributed by atoms with Crippen LogP contribution in [0.2, 0.25) is 0 Å². The van der Waals surface area contributed by atoms with Crippen LogP contribution >= 0.6 is 0 Å². The van der Waals surface area contributed by atoms with Gasteiger partial charge in [0.1, 0.15) is 16.9 Å². The van der Waals surface area contributed by atoms with Gasteiger partial charge in [0.05, 0.1) is 16.7 Å². The van der Waals surface area contributed by atoms with Crippen molar-refractivity contribution in [1.82, 2.24) is 24.5 Å². The summed E-state index contributed by atoms with van der Waals surface area (Å²) in [4.78, 5) is 19.9. The molecule has 0 aliphatic rings. The maximum Gasteiger partial charge on any atom is 0.184 e. The Kier molecular flexibility index (Phi) is 6.39. The number of hydrogen-bond donors (Lipinski definition) is 0. The van der Waals surface area contributed by atoms with E-state index < -0.39 is 0 Å². The number of fused-ring (bicyclic) bond motifs is 6. The molecule has 50 heavy (non-hydrogen) atoms. The van der Waals surface area contributed by atoms with Gasteiger partial charge in [-0.2, -0.15) is 0 Å². The highest BCUT2D eigenvalue weighted by Gasteiger charge is 2.21. The molecule has 234 valence electrons. The minimum Gasteiger partial charge on any atom is -0.455 e. The lowest BCUT2D eigenvalue weighted by atomic mass is 10.0. The van der Waals surface area contributed by atoms with Crippen LogP contribution in [-0.2, 0) is 0 Å². The molecule has 0 spiro atoms. The van der Waals surface area contributed by atoms with Crippen LogP contribution in [-0.4, -0.2) is 24.5 Å². The standard InChI is InChI=1S/C44H27N5O/c1-3-13-28(14-4-1)42-46-43(29-15-5-2-6-16-29)48-44(47-42)40-38(22-12-26-45-40)49-36-21-9-7-17-32(36)35-27-30(24-25-37(35)49)31-19-11-20-34-33-18-8-10-23-39(33)50-41(31)34/h1-27H. The lowest BCUT2D eigenvalue weighted by Gasteiger charge is -2.13. The van der Waals surface area contributed by atoms with Crippen LogP contribution in [0.5, 0.6) is 0 Å². The van der Waals surface area contributed by atoms with Gasteiger partial charge in [0, 0.05) is 44.4 Å². The summed E-state index contributed by atoms with van der Waals surface area (Å²) < 4.78 is 8.70. The average molecular weight is 642 g/mol. The first-order valence-electron chi connectivity index (χ1n) is 16.6.